The second-order valence-corrected chi connectivity index (χ2v) is 5.11. The van der Waals surface area contributed by atoms with Crippen molar-refractivity contribution in [3.8, 4) is 0 Å². The van der Waals surface area contributed by atoms with Crippen molar-refractivity contribution < 1.29 is 19.8 Å². The SMILES string of the molecule is O=C(NC(CO)C(=O)O)c1ccc(Br)s1. The average Bonchev–Trinajstić information content (AvgIpc) is 2.60. The van der Waals surface area contributed by atoms with E-state index < -0.39 is 24.5 Å². The van der Waals surface area contributed by atoms with Gasteiger partial charge in [-0.15, -0.1) is 11.3 Å². The van der Waals surface area contributed by atoms with Gasteiger partial charge in [0.15, 0.2) is 6.04 Å². The standard InChI is InChI=1S/C8H8BrNO4S/c9-6-2-1-5(15-6)7(12)10-4(3-11)8(13)14/h1-2,4,11H,3H2,(H,10,12)(H,13,14). The molecule has 0 aromatic carbocycles. The van der Waals surface area contributed by atoms with Crippen molar-refractivity contribution in [1.82, 2.24) is 5.32 Å². The number of hydrogen-bond donors (Lipinski definition) is 3. The van der Waals surface area contributed by atoms with Gasteiger partial charge in [0.25, 0.3) is 5.91 Å². The van der Waals surface area contributed by atoms with Crippen molar-refractivity contribution >= 4 is 39.1 Å². The van der Waals surface area contributed by atoms with Gasteiger partial charge in [-0.05, 0) is 28.1 Å². The number of amides is 1. The highest BCUT2D eigenvalue weighted by Gasteiger charge is 2.20. The first-order valence-corrected chi connectivity index (χ1v) is 5.55. The van der Waals surface area contributed by atoms with E-state index in [1.807, 2.05) is 0 Å². The van der Waals surface area contributed by atoms with Crippen LogP contribution in [0.4, 0.5) is 0 Å². The molecule has 0 aliphatic carbocycles. The smallest absolute Gasteiger partial charge is 0.328 e. The van der Waals surface area contributed by atoms with Crippen molar-refractivity contribution in [2.75, 3.05) is 6.61 Å². The molecule has 0 saturated heterocycles. The Morgan fingerprint density at radius 2 is 2.20 bits per heavy atom. The molecule has 1 atom stereocenters. The van der Waals surface area contributed by atoms with E-state index in [0.29, 0.717) is 4.88 Å². The molecule has 0 aliphatic heterocycles. The van der Waals surface area contributed by atoms with Crippen LogP contribution in [0.2, 0.25) is 0 Å². The summed E-state index contributed by atoms with van der Waals surface area (Å²) in [5.74, 6) is -1.77. The lowest BCUT2D eigenvalue weighted by Gasteiger charge is -2.09. The third-order valence-electron chi connectivity index (χ3n) is 1.58. The maximum atomic E-state index is 11.4. The predicted molar refractivity (Wildman–Crippen MR) is 58.0 cm³/mol. The molecule has 1 heterocycles. The minimum Gasteiger partial charge on any atom is -0.480 e. The van der Waals surface area contributed by atoms with E-state index >= 15 is 0 Å². The highest BCUT2D eigenvalue weighted by molar-refractivity contribution is 9.11. The quantitative estimate of drug-likeness (QED) is 0.762. The first-order chi connectivity index (χ1) is 7.04. The molecule has 1 amide bonds. The van der Waals surface area contributed by atoms with E-state index in [1.54, 1.807) is 12.1 Å². The molecule has 7 heteroatoms. The largest absolute Gasteiger partial charge is 0.480 e. The minimum absolute atomic E-state index is 0.390. The van der Waals surface area contributed by atoms with Gasteiger partial charge in [-0.3, -0.25) is 4.79 Å². The molecular formula is C8H8BrNO4S. The molecule has 1 unspecified atom stereocenters. The molecule has 0 radical (unpaired) electrons. The number of carboxylic acids is 1. The molecule has 1 aromatic rings. The predicted octanol–water partition coefficient (Wildman–Crippen LogP) is 0.686. The Balaban J connectivity index is 2.66. The summed E-state index contributed by atoms with van der Waals surface area (Å²) in [7, 11) is 0. The number of carboxylic acid groups (broad SMARTS) is 1. The maximum Gasteiger partial charge on any atom is 0.328 e. The lowest BCUT2D eigenvalue weighted by molar-refractivity contribution is -0.140. The summed E-state index contributed by atoms with van der Waals surface area (Å²) in [6, 6.07) is 1.99. The number of nitrogens with one attached hydrogen (secondary N) is 1. The Morgan fingerprint density at radius 1 is 1.53 bits per heavy atom. The summed E-state index contributed by atoms with van der Waals surface area (Å²) in [6.45, 7) is -0.631. The number of aliphatic carboxylic acids is 1. The van der Waals surface area contributed by atoms with Gasteiger partial charge in [-0.25, -0.2) is 4.79 Å². The highest BCUT2D eigenvalue weighted by atomic mass is 79.9. The third kappa shape index (κ3) is 3.29. The van der Waals surface area contributed by atoms with Gasteiger partial charge < -0.3 is 15.5 Å². The molecule has 0 aliphatic rings. The van der Waals surface area contributed by atoms with E-state index in [2.05, 4.69) is 21.2 Å². The molecule has 0 spiro atoms. The summed E-state index contributed by atoms with van der Waals surface area (Å²) in [6.07, 6.45) is 0. The van der Waals surface area contributed by atoms with Crippen LogP contribution in [0.15, 0.2) is 15.9 Å². The first kappa shape index (κ1) is 12.2. The zero-order chi connectivity index (χ0) is 11.4. The van der Waals surface area contributed by atoms with Crippen LogP contribution in [0.25, 0.3) is 0 Å². The lowest BCUT2D eigenvalue weighted by atomic mass is 10.3. The Labute approximate surface area is 97.9 Å². The maximum absolute atomic E-state index is 11.4. The molecule has 3 N–H and O–H groups in total. The second kappa shape index (κ2) is 5.24. The van der Waals surface area contributed by atoms with Gasteiger partial charge >= 0.3 is 5.97 Å². The minimum atomic E-state index is -1.27. The van der Waals surface area contributed by atoms with Gasteiger partial charge in [0, 0.05) is 0 Å². The Hall–Kier alpha value is -0.920. The van der Waals surface area contributed by atoms with E-state index in [-0.39, 0.29) is 0 Å². The fraction of sp³-hybridized carbons (Fsp3) is 0.250. The number of rotatable bonds is 4. The van der Waals surface area contributed by atoms with Crippen LogP contribution in [0.3, 0.4) is 0 Å². The van der Waals surface area contributed by atoms with Gasteiger partial charge in [-0.2, -0.15) is 0 Å². The fourth-order valence-electron chi connectivity index (χ4n) is 0.851. The number of aliphatic hydroxyl groups is 1. The van der Waals surface area contributed by atoms with E-state index in [0.717, 1.165) is 3.79 Å². The molecule has 1 aromatic heterocycles. The van der Waals surface area contributed by atoms with Gasteiger partial charge in [0.2, 0.25) is 0 Å². The van der Waals surface area contributed by atoms with Crippen LogP contribution in [0.5, 0.6) is 0 Å². The molecule has 5 nitrogen and oxygen atoms in total. The first-order valence-electron chi connectivity index (χ1n) is 3.94. The van der Waals surface area contributed by atoms with Crippen LogP contribution >= 0.6 is 27.3 Å². The molecule has 0 fully saturated rings. The van der Waals surface area contributed by atoms with Crippen LogP contribution < -0.4 is 5.32 Å². The van der Waals surface area contributed by atoms with Gasteiger partial charge in [0.1, 0.15) is 0 Å². The van der Waals surface area contributed by atoms with Crippen molar-refractivity contribution in [1.29, 1.82) is 0 Å². The molecule has 0 saturated carbocycles. The van der Waals surface area contributed by atoms with E-state index in [4.69, 9.17) is 10.2 Å². The zero-order valence-electron chi connectivity index (χ0n) is 7.44. The average molecular weight is 294 g/mol. The second-order valence-electron chi connectivity index (χ2n) is 2.65. The number of hydrogen-bond acceptors (Lipinski definition) is 4. The number of halogens is 1. The number of aliphatic hydroxyl groups excluding tert-OH is 1. The van der Waals surface area contributed by atoms with Crippen LogP contribution in [-0.2, 0) is 4.79 Å². The molecule has 82 valence electrons. The Kier molecular flexibility index (Phi) is 4.25. The fourth-order valence-corrected chi connectivity index (χ4v) is 2.14. The summed E-state index contributed by atoms with van der Waals surface area (Å²) >= 11 is 4.38. The highest BCUT2D eigenvalue weighted by Crippen LogP contribution is 2.21. The Bertz CT molecular complexity index is 378. The van der Waals surface area contributed by atoms with Crippen LogP contribution in [0, 0.1) is 0 Å². The number of thiophene rings is 1. The van der Waals surface area contributed by atoms with Gasteiger partial charge in [0.05, 0.1) is 15.3 Å². The van der Waals surface area contributed by atoms with Crippen molar-refractivity contribution in [3.63, 3.8) is 0 Å². The lowest BCUT2D eigenvalue weighted by Crippen LogP contribution is -2.43. The third-order valence-corrected chi connectivity index (χ3v) is 3.21. The van der Waals surface area contributed by atoms with Crippen molar-refractivity contribution in [3.05, 3.63) is 20.8 Å². The summed E-state index contributed by atoms with van der Waals surface area (Å²) in [4.78, 5) is 22.3. The Morgan fingerprint density at radius 3 is 2.60 bits per heavy atom. The molecule has 0 bridgehead atoms. The van der Waals surface area contributed by atoms with E-state index in [1.165, 1.54) is 11.3 Å². The van der Waals surface area contributed by atoms with Crippen LogP contribution in [0.1, 0.15) is 9.67 Å². The van der Waals surface area contributed by atoms with Crippen molar-refractivity contribution in [2.45, 2.75) is 6.04 Å². The topological polar surface area (TPSA) is 86.6 Å². The van der Waals surface area contributed by atoms with E-state index in [9.17, 15) is 9.59 Å². The normalized spacial score (nSPS) is 12.1. The number of carbonyl (C=O) groups is 2. The van der Waals surface area contributed by atoms with Gasteiger partial charge in [-0.1, -0.05) is 0 Å². The summed E-state index contributed by atoms with van der Waals surface area (Å²) in [5, 5.41) is 19.5. The zero-order valence-corrected chi connectivity index (χ0v) is 9.84. The number of carbonyl (C=O) groups excluding carboxylic acids is 1. The summed E-state index contributed by atoms with van der Waals surface area (Å²) < 4.78 is 0.781. The van der Waals surface area contributed by atoms with Crippen LogP contribution in [-0.4, -0.2) is 34.7 Å². The molecule has 15 heavy (non-hydrogen) atoms. The molecular weight excluding hydrogens is 286 g/mol. The summed E-state index contributed by atoms with van der Waals surface area (Å²) in [5.41, 5.74) is 0. The molecule has 1 rings (SSSR count). The monoisotopic (exact) mass is 293 g/mol. The van der Waals surface area contributed by atoms with Crippen molar-refractivity contribution in [2.24, 2.45) is 0 Å².